The topological polar surface area (TPSA) is 119 Å². The zero-order chi connectivity index (χ0) is 21.4. The summed E-state index contributed by atoms with van der Waals surface area (Å²) >= 11 is 0. The van der Waals surface area contributed by atoms with E-state index in [1.807, 2.05) is 24.3 Å². The first-order valence-corrected chi connectivity index (χ1v) is 8.03. The van der Waals surface area contributed by atoms with Crippen LogP contribution in [-0.4, -0.2) is 50.6 Å². The van der Waals surface area contributed by atoms with Crippen LogP contribution in [0.4, 0.5) is 13.2 Å². The maximum Gasteiger partial charge on any atom is 0.490 e. The second kappa shape index (κ2) is 9.48. The Morgan fingerprint density at radius 3 is 2.34 bits per heavy atom. The van der Waals surface area contributed by atoms with Gasteiger partial charge in [-0.25, -0.2) is 9.78 Å². The van der Waals surface area contributed by atoms with E-state index in [4.69, 9.17) is 5.11 Å². The van der Waals surface area contributed by atoms with Crippen molar-refractivity contribution in [1.29, 1.82) is 0 Å². The van der Waals surface area contributed by atoms with Crippen molar-refractivity contribution in [2.24, 2.45) is 0 Å². The highest BCUT2D eigenvalue weighted by Crippen LogP contribution is 2.15. The van der Waals surface area contributed by atoms with Crippen LogP contribution in [0.2, 0.25) is 0 Å². The SMILES string of the molecule is COC(=O)C(F)(F)F.O=C(O)CC[n+]1ccc(-c2nnc3ccccc3n2)cn1. The Labute approximate surface area is 161 Å². The van der Waals surface area contributed by atoms with Crippen molar-refractivity contribution >= 4 is 23.0 Å². The number of nitrogens with zero attached hydrogens (tertiary/aromatic N) is 5. The lowest BCUT2D eigenvalue weighted by Crippen LogP contribution is -2.38. The fraction of sp³-hybridized carbons (Fsp3) is 0.235. The molecule has 0 bridgehead atoms. The van der Waals surface area contributed by atoms with Crippen molar-refractivity contribution in [3.05, 3.63) is 42.7 Å². The highest BCUT2D eigenvalue weighted by molar-refractivity contribution is 5.75. The number of hydrogen-bond acceptors (Lipinski definition) is 7. The molecular formula is C17H15F3N5O4+. The third kappa shape index (κ3) is 6.45. The van der Waals surface area contributed by atoms with E-state index in [0.29, 0.717) is 19.5 Å². The van der Waals surface area contributed by atoms with Crippen molar-refractivity contribution in [3.63, 3.8) is 0 Å². The molecule has 0 unspecified atom stereocenters. The molecule has 2 heterocycles. The number of carbonyl (C=O) groups is 2. The van der Waals surface area contributed by atoms with E-state index in [0.717, 1.165) is 16.6 Å². The molecule has 12 heteroatoms. The zero-order valence-electron chi connectivity index (χ0n) is 15.0. The molecule has 1 N–H and O–H groups in total. The number of methoxy groups -OCH3 is 1. The van der Waals surface area contributed by atoms with E-state index in [1.165, 1.54) is 0 Å². The summed E-state index contributed by atoms with van der Waals surface area (Å²) in [6.07, 6.45) is -1.51. The molecule has 0 saturated heterocycles. The van der Waals surface area contributed by atoms with E-state index in [-0.39, 0.29) is 6.42 Å². The monoisotopic (exact) mass is 410 g/mol. The highest BCUT2D eigenvalue weighted by atomic mass is 19.4. The number of aromatic nitrogens is 5. The number of fused-ring (bicyclic) bond motifs is 1. The summed E-state index contributed by atoms with van der Waals surface area (Å²) in [5.74, 6) is -2.53. The van der Waals surface area contributed by atoms with E-state index < -0.39 is 18.1 Å². The van der Waals surface area contributed by atoms with Gasteiger partial charge in [0.25, 0.3) is 0 Å². The Bertz CT molecular complexity index is 996. The van der Waals surface area contributed by atoms with E-state index in [1.54, 1.807) is 23.1 Å². The van der Waals surface area contributed by atoms with Crippen LogP contribution < -0.4 is 4.68 Å². The molecule has 1 aromatic carbocycles. The summed E-state index contributed by atoms with van der Waals surface area (Å²) < 4.78 is 37.8. The van der Waals surface area contributed by atoms with Crippen LogP contribution in [0.15, 0.2) is 42.7 Å². The Morgan fingerprint density at radius 1 is 1.14 bits per heavy atom. The fourth-order valence-corrected chi connectivity index (χ4v) is 1.98. The largest absolute Gasteiger partial charge is 0.490 e. The van der Waals surface area contributed by atoms with Crippen LogP contribution in [0.1, 0.15) is 6.42 Å². The Kier molecular flexibility index (Phi) is 7.06. The molecule has 2 aromatic heterocycles. The molecule has 0 aliphatic heterocycles. The molecule has 9 nitrogen and oxygen atoms in total. The van der Waals surface area contributed by atoms with Crippen molar-refractivity contribution in [2.45, 2.75) is 19.1 Å². The van der Waals surface area contributed by atoms with Crippen LogP contribution in [0.3, 0.4) is 0 Å². The Hall–Kier alpha value is -3.70. The minimum atomic E-state index is -4.85. The van der Waals surface area contributed by atoms with Crippen LogP contribution in [0.5, 0.6) is 0 Å². The molecule has 3 rings (SSSR count). The molecule has 0 radical (unpaired) electrons. The van der Waals surface area contributed by atoms with Crippen LogP contribution in [-0.2, 0) is 20.9 Å². The number of alkyl halides is 3. The van der Waals surface area contributed by atoms with Gasteiger partial charge in [-0.1, -0.05) is 16.8 Å². The maximum atomic E-state index is 11.0. The van der Waals surface area contributed by atoms with Crippen LogP contribution >= 0.6 is 0 Å². The van der Waals surface area contributed by atoms with Crippen molar-refractivity contribution in [3.8, 4) is 11.4 Å². The number of aliphatic carboxylic acids is 1. The second-order valence-corrected chi connectivity index (χ2v) is 5.44. The Balaban J connectivity index is 0.000000321. The van der Waals surface area contributed by atoms with Crippen molar-refractivity contribution in [2.75, 3.05) is 7.11 Å². The number of carbonyl (C=O) groups excluding carboxylic acids is 1. The quantitative estimate of drug-likeness (QED) is 0.509. The number of carboxylic acid groups (broad SMARTS) is 1. The molecule has 0 fully saturated rings. The van der Waals surface area contributed by atoms with Gasteiger partial charge in [-0.15, -0.1) is 10.2 Å². The van der Waals surface area contributed by atoms with Gasteiger partial charge in [-0.3, -0.25) is 4.79 Å². The van der Waals surface area contributed by atoms with E-state index in [9.17, 15) is 22.8 Å². The average molecular weight is 410 g/mol. The first-order chi connectivity index (χ1) is 13.7. The number of halogens is 3. The normalized spacial score (nSPS) is 10.8. The first-order valence-electron chi connectivity index (χ1n) is 8.03. The third-order valence-electron chi connectivity index (χ3n) is 3.36. The second-order valence-electron chi connectivity index (χ2n) is 5.44. The molecule has 0 atom stereocenters. The summed E-state index contributed by atoms with van der Waals surface area (Å²) in [7, 11) is 0.676. The lowest BCUT2D eigenvalue weighted by atomic mass is 10.2. The van der Waals surface area contributed by atoms with Crippen LogP contribution in [0, 0.1) is 0 Å². The van der Waals surface area contributed by atoms with Gasteiger partial charge >= 0.3 is 18.1 Å². The highest BCUT2D eigenvalue weighted by Gasteiger charge is 2.40. The lowest BCUT2D eigenvalue weighted by molar-refractivity contribution is -0.752. The molecule has 3 aromatic rings. The summed E-state index contributed by atoms with van der Waals surface area (Å²) in [5.41, 5.74) is 2.24. The fourth-order valence-electron chi connectivity index (χ4n) is 1.98. The predicted octanol–water partition coefficient (Wildman–Crippen LogP) is 1.57. The summed E-state index contributed by atoms with van der Waals surface area (Å²) in [6.45, 7) is 0.326. The number of esters is 1. The molecular weight excluding hydrogens is 395 g/mol. The van der Waals surface area contributed by atoms with Crippen molar-refractivity contribution in [1.82, 2.24) is 20.3 Å². The van der Waals surface area contributed by atoms with Gasteiger partial charge in [0.2, 0.25) is 0 Å². The number of para-hydroxylation sites is 1. The maximum absolute atomic E-state index is 11.0. The molecule has 0 aliphatic carbocycles. The molecule has 0 spiro atoms. The van der Waals surface area contributed by atoms with Gasteiger partial charge in [0, 0.05) is 6.07 Å². The number of hydrogen-bond donors (Lipinski definition) is 1. The average Bonchev–Trinajstić information content (AvgIpc) is 2.71. The van der Waals surface area contributed by atoms with E-state index >= 15 is 0 Å². The molecule has 152 valence electrons. The van der Waals surface area contributed by atoms with Gasteiger partial charge < -0.3 is 9.84 Å². The lowest BCUT2D eigenvalue weighted by Gasteiger charge is -1.99. The number of rotatable bonds is 4. The Morgan fingerprint density at radius 2 is 1.83 bits per heavy atom. The van der Waals surface area contributed by atoms with Gasteiger partial charge in [-0.05, 0) is 17.2 Å². The van der Waals surface area contributed by atoms with Gasteiger partial charge in [0.05, 0.1) is 18.2 Å². The minimum absolute atomic E-state index is 0.0328. The summed E-state index contributed by atoms with van der Waals surface area (Å²) in [6, 6.07) is 9.29. The predicted molar refractivity (Wildman–Crippen MR) is 91.1 cm³/mol. The van der Waals surface area contributed by atoms with Gasteiger partial charge in [0.1, 0.15) is 18.1 Å². The zero-order valence-corrected chi connectivity index (χ0v) is 15.0. The molecule has 0 saturated carbocycles. The molecule has 0 amide bonds. The summed E-state index contributed by atoms with van der Waals surface area (Å²) in [4.78, 5) is 24.4. The molecule has 29 heavy (non-hydrogen) atoms. The minimum Gasteiger partial charge on any atom is -0.481 e. The number of carboxylic acids is 1. The number of benzene rings is 1. The van der Waals surface area contributed by atoms with E-state index in [2.05, 4.69) is 25.0 Å². The standard InChI is InChI=1S/C14H11N5O2.C3H3F3O2/c20-13(21)6-8-19-7-5-10(9-15-19)14-16-11-3-1-2-4-12(11)17-18-14;1-8-2(7)3(4,5)6/h1-5,7,9H,6,8H2;1H3/p+1. The third-order valence-corrected chi connectivity index (χ3v) is 3.36. The van der Waals surface area contributed by atoms with Crippen molar-refractivity contribution < 1.29 is 37.3 Å². The first kappa shape index (κ1) is 21.6. The number of aryl methyl sites for hydroxylation is 1. The smallest absolute Gasteiger partial charge is 0.481 e. The molecule has 0 aliphatic rings. The van der Waals surface area contributed by atoms with Gasteiger partial charge in [0.15, 0.2) is 18.6 Å². The number of ether oxygens (including phenoxy) is 1. The van der Waals surface area contributed by atoms with Crippen LogP contribution in [0.25, 0.3) is 22.4 Å². The van der Waals surface area contributed by atoms with Gasteiger partial charge in [-0.2, -0.15) is 13.2 Å². The summed E-state index contributed by atoms with van der Waals surface area (Å²) in [5, 5.41) is 21.0.